The summed E-state index contributed by atoms with van der Waals surface area (Å²) in [6, 6.07) is 137. The molecule has 12 heteroatoms. The average Bonchev–Trinajstić information content (AvgIpc) is 1.54. The topological polar surface area (TPSA) is 104 Å². The van der Waals surface area contributed by atoms with Gasteiger partial charge in [-0.2, -0.15) is 0 Å². The largest absolute Gasteiger partial charge is 0.309 e. The fourth-order valence-corrected chi connectivity index (χ4v) is 23.1. The maximum absolute atomic E-state index is 16.2. The highest BCUT2D eigenvalue weighted by molar-refractivity contribution is 7.86. The van der Waals surface area contributed by atoms with Crippen LogP contribution in [-0.2, 0) is 9.13 Å². The second-order valence-corrected chi connectivity index (χ2v) is 34.6. The summed E-state index contributed by atoms with van der Waals surface area (Å²) < 4.78 is 41.2. The first kappa shape index (κ1) is 66.6. The van der Waals surface area contributed by atoms with E-state index in [0.717, 1.165) is 197 Å². The molecule has 0 atom stereocenters. The van der Waals surface area contributed by atoms with Crippen LogP contribution in [0.1, 0.15) is 0 Å². The van der Waals surface area contributed by atoms with Crippen LogP contribution in [0.4, 0.5) is 0 Å². The number of benzene rings is 17. The number of para-hydroxylation sites is 8. The van der Waals surface area contributed by atoms with Crippen LogP contribution in [0, 0.1) is 0 Å². The Bertz CT molecular complexity index is 7750. The molecule has 10 nitrogen and oxygen atoms in total. The van der Waals surface area contributed by atoms with E-state index in [0.29, 0.717) is 0 Å². The molecule has 0 N–H and O–H groups in total. The molecule has 0 fully saturated rings. The van der Waals surface area contributed by atoms with Gasteiger partial charge in [0.05, 0.1) is 55.2 Å². The van der Waals surface area contributed by atoms with E-state index in [1.54, 1.807) is 0 Å². The Labute approximate surface area is 654 Å². The van der Waals surface area contributed by atoms with Crippen LogP contribution in [0.2, 0.25) is 0 Å². The summed E-state index contributed by atoms with van der Waals surface area (Å²) in [5.41, 5.74) is 18.0. The third-order valence-electron chi connectivity index (χ3n) is 22.8. The van der Waals surface area contributed by atoms with Gasteiger partial charge in [0.1, 0.15) is 11.3 Å². The number of rotatable bonds is 11. The predicted octanol–water partition coefficient (Wildman–Crippen LogP) is 22.9. The minimum absolute atomic E-state index is 0.752. The number of fused-ring (bicyclic) bond motifs is 18. The average molecular weight is 1500 g/mol. The molecular formula is C102H66N8O2P2. The monoisotopic (exact) mass is 1500 g/mol. The quantitative estimate of drug-likeness (QED) is 0.120. The van der Waals surface area contributed by atoms with Crippen molar-refractivity contribution in [2.75, 3.05) is 0 Å². The predicted molar refractivity (Wildman–Crippen MR) is 475 cm³/mol. The Balaban J connectivity index is 0.000000139. The highest BCUT2D eigenvalue weighted by Crippen LogP contribution is 2.49. The van der Waals surface area contributed by atoms with Crippen LogP contribution in [0.3, 0.4) is 0 Å². The highest BCUT2D eigenvalue weighted by atomic mass is 31.2. The van der Waals surface area contributed by atoms with E-state index in [1.165, 1.54) is 0 Å². The molecule has 114 heavy (non-hydrogen) atoms. The minimum Gasteiger partial charge on any atom is -0.309 e. The first-order valence-electron chi connectivity index (χ1n) is 38.3. The van der Waals surface area contributed by atoms with E-state index in [1.807, 2.05) is 158 Å². The van der Waals surface area contributed by atoms with Gasteiger partial charge in [0.2, 0.25) is 11.9 Å². The zero-order valence-electron chi connectivity index (χ0n) is 61.4. The number of hydrogen-bond acceptors (Lipinski definition) is 6. The third-order valence-corrected chi connectivity index (χ3v) is 29.0. The molecule has 0 spiro atoms. The van der Waals surface area contributed by atoms with Gasteiger partial charge in [-0.1, -0.05) is 309 Å². The molecule has 23 rings (SSSR count). The van der Waals surface area contributed by atoms with Crippen LogP contribution >= 0.6 is 14.3 Å². The fraction of sp³-hybridized carbons (Fsp3) is 0. The Kier molecular flexibility index (Phi) is 15.6. The van der Waals surface area contributed by atoms with Crippen molar-refractivity contribution in [3.8, 4) is 45.3 Å². The summed E-state index contributed by atoms with van der Waals surface area (Å²) in [7, 11) is -6.73. The Morgan fingerprint density at radius 3 is 0.982 bits per heavy atom. The van der Waals surface area contributed by atoms with Gasteiger partial charge in [0.25, 0.3) is 0 Å². The van der Waals surface area contributed by atoms with E-state index in [-0.39, 0.29) is 0 Å². The zero-order chi connectivity index (χ0) is 75.6. The molecule has 0 amide bonds. The maximum atomic E-state index is 16.2. The molecule has 17 aromatic carbocycles. The first-order valence-corrected chi connectivity index (χ1v) is 41.7. The van der Waals surface area contributed by atoms with Gasteiger partial charge in [-0.25, -0.2) is 19.9 Å². The lowest BCUT2D eigenvalue weighted by Crippen LogP contribution is -2.26. The standard InChI is InChI=1S/C52H33N4OP.C50H33N4OP/c57-58(49-25-11-15-35-13-1-3-17-39(35)49,50-26-12-16-36-14-2-4-18-40(36)50)38-30-27-34(28-31-38)37-29-32-47-43(33-37)41-19-6-9-23-46(41)55(47)52-54-44-21-7-5-20-42(44)51-53-45-22-8-10-24-48(45)56(51)52;55-56(38-27-23-36(24-28-38)34-13-3-1-4-14-34,39-29-25-37(26-30-39)35-15-5-2-6-16-35)40-31-32-47-43(33-40)41-17-8-11-21-46(41)53(47)50-52-44-19-9-7-18-42(44)49-51-45-20-10-12-22-48(45)54(49)50/h1-33H;1-33H. The summed E-state index contributed by atoms with van der Waals surface area (Å²) in [4.78, 5) is 20.9. The third kappa shape index (κ3) is 10.6. The molecule has 6 aromatic heterocycles. The molecule has 0 aliphatic rings. The van der Waals surface area contributed by atoms with Crippen molar-refractivity contribution in [2.24, 2.45) is 0 Å². The van der Waals surface area contributed by atoms with Crippen LogP contribution in [0.5, 0.6) is 0 Å². The van der Waals surface area contributed by atoms with Gasteiger partial charge in [-0.3, -0.25) is 17.9 Å². The van der Waals surface area contributed by atoms with Crippen LogP contribution in [-0.4, -0.2) is 37.9 Å². The molecule has 23 aromatic rings. The van der Waals surface area contributed by atoms with E-state index in [4.69, 9.17) is 19.9 Å². The summed E-state index contributed by atoms with van der Waals surface area (Å²) in [6.07, 6.45) is 0. The van der Waals surface area contributed by atoms with Gasteiger partial charge < -0.3 is 9.13 Å². The van der Waals surface area contributed by atoms with Crippen molar-refractivity contribution in [2.45, 2.75) is 0 Å². The maximum Gasteiger partial charge on any atom is 0.221 e. The molecule has 0 aliphatic carbocycles. The SMILES string of the molecule is O=P(c1ccc(-c2ccc3c(c2)c2ccccc2n3-c2nc3ccccc3c3nc4ccccc4n23)cc1)(c1cccc2ccccc12)c1cccc2ccccc12.O=P(c1ccc(-c2ccccc2)cc1)(c1ccc(-c2ccccc2)cc1)c1ccc2c(c1)c1ccccc1n2-c1nc2ccccc2c2nc3ccccc3n12. The van der Waals surface area contributed by atoms with Crippen molar-refractivity contribution < 1.29 is 9.13 Å². The van der Waals surface area contributed by atoms with Crippen molar-refractivity contribution >= 4 is 166 Å². The molecular weight excluding hydrogens is 1430 g/mol. The lowest BCUT2D eigenvalue weighted by Gasteiger charge is -2.23. The zero-order valence-corrected chi connectivity index (χ0v) is 63.2. The van der Waals surface area contributed by atoms with Gasteiger partial charge in [-0.05, 0) is 146 Å². The van der Waals surface area contributed by atoms with Crippen molar-refractivity contribution in [1.82, 2.24) is 37.9 Å². The van der Waals surface area contributed by atoms with E-state index in [2.05, 4.69) is 261 Å². The van der Waals surface area contributed by atoms with Gasteiger partial charge >= 0.3 is 0 Å². The summed E-state index contributed by atoms with van der Waals surface area (Å²) in [6.45, 7) is 0. The van der Waals surface area contributed by atoms with Gasteiger partial charge in [0, 0.05) is 64.1 Å². The van der Waals surface area contributed by atoms with Gasteiger partial charge in [-0.15, -0.1) is 0 Å². The molecule has 0 unspecified atom stereocenters. The van der Waals surface area contributed by atoms with Gasteiger partial charge in [0.15, 0.2) is 14.3 Å². The number of aromatic nitrogens is 8. The minimum atomic E-state index is -3.38. The molecule has 0 saturated heterocycles. The molecule has 0 aliphatic heterocycles. The van der Waals surface area contributed by atoms with Crippen molar-refractivity contribution in [3.63, 3.8) is 0 Å². The Hall–Kier alpha value is -14.4. The lowest BCUT2D eigenvalue weighted by atomic mass is 10.0. The number of nitrogens with zero attached hydrogens (tertiary/aromatic N) is 8. The van der Waals surface area contributed by atoms with Crippen molar-refractivity contribution in [1.29, 1.82) is 0 Å². The Morgan fingerprint density at radius 1 is 0.202 bits per heavy atom. The highest BCUT2D eigenvalue weighted by Gasteiger charge is 2.35. The molecule has 536 valence electrons. The molecule has 0 bridgehead atoms. The Morgan fingerprint density at radius 2 is 0.518 bits per heavy atom. The fourth-order valence-electron chi connectivity index (χ4n) is 17.4. The molecule has 6 heterocycles. The number of hydrogen-bond donors (Lipinski definition) is 0. The second-order valence-electron chi connectivity index (χ2n) is 29.1. The smallest absolute Gasteiger partial charge is 0.221 e. The van der Waals surface area contributed by atoms with E-state index < -0.39 is 14.3 Å². The summed E-state index contributed by atoms with van der Waals surface area (Å²) in [5, 5.41) is 15.4. The van der Waals surface area contributed by atoms with Crippen LogP contribution in [0.25, 0.3) is 166 Å². The van der Waals surface area contributed by atoms with Crippen LogP contribution in [0.15, 0.2) is 400 Å². The second kappa shape index (κ2) is 26.7. The van der Waals surface area contributed by atoms with Crippen LogP contribution < -0.4 is 31.8 Å². The lowest BCUT2D eigenvalue weighted by molar-refractivity contribution is 0.592. The summed E-state index contributed by atoms with van der Waals surface area (Å²) in [5.74, 6) is 1.55. The van der Waals surface area contributed by atoms with Crippen molar-refractivity contribution in [3.05, 3.63) is 400 Å². The van der Waals surface area contributed by atoms with E-state index >= 15 is 9.13 Å². The molecule has 0 radical (unpaired) electrons. The first-order chi connectivity index (χ1) is 56.3. The van der Waals surface area contributed by atoms with E-state index in [9.17, 15) is 0 Å². The summed E-state index contributed by atoms with van der Waals surface area (Å²) >= 11 is 0. The molecule has 0 saturated carbocycles. The normalized spacial score (nSPS) is 12.1. The number of imidazole rings is 2.